The average Bonchev–Trinajstić information content (AvgIpc) is 2.70. The summed E-state index contributed by atoms with van der Waals surface area (Å²) in [5, 5.41) is 0.778. The molecule has 2 aromatic carbocycles. The van der Waals surface area contributed by atoms with Crippen molar-refractivity contribution in [3.05, 3.63) is 65.5 Å². The maximum absolute atomic E-state index is 6.19. The highest BCUT2D eigenvalue weighted by atomic mass is 35.5. The average molecular weight is 520 g/mol. The van der Waals surface area contributed by atoms with E-state index in [1.807, 2.05) is 30.3 Å². The molecular weight excluding hydrogens is 482 g/mol. The second-order valence-electron chi connectivity index (χ2n) is 10.6. The van der Waals surface area contributed by atoms with E-state index in [1.165, 1.54) is 0 Å². The Morgan fingerprint density at radius 2 is 1.59 bits per heavy atom. The van der Waals surface area contributed by atoms with Crippen LogP contribution in [0, 0.1) is 0 Å². The first kappa shape index (κ1) is 28.2. The van der Waals surface area contributed by atoms with Gasteiger partial charge in [0.15, 0.2) is 14.2 Å². The van der Waals surface area contributed by atoms with Gasteiger partial charge in [0.1, 0.15) is 23.9 Å². The quantitative estimate of drug-likeness (QED) is 0.130. The van der Waals surface area contributed by atoms with E-state index in [-0.39, 0.29) is 5.04 Å². The fourth-order valence-electron chi connectivity index (χ4n) is 2.64. The van der Waals surface area contributed by atoms with Crippen LogP contribution in [0.15, 0.2) is 59.9 Å². The Balaban J connectivity index is 1.98. The van der Waals surface area contributed by atoms with Gasteiger partial charge in [-0.25, -0.2) is 4.99 Å². The minimum absolute atomic E-state index is 0.186. The van der Waals surface area contributed by atoms with Crippen molar-refractivity contribution in [1.82, 2.24) is 0 Å². The van der Waals surface area contributed by atoms with Gasteiger partial charge in [-0.1, -0.05) is 32.4 Å². The molecule has 0 saturated carbocycles. The molecule has 0 N–H and O–H groups in total. The predicted molar refractivity (Wildman–Crippen MR) is 148 cm³/mol. The molecule has 8 heteroatoms. The van der Waals surface area contributed by atoms with Crippen LogP contribution in [0.3, 0.4) is 0 Å². The summed E-state index contributed by atoms with van der Waals surface area (Å²) in [7, 11) is -3.53. The van der Waals surface area contributed by atoms with E-state index in [2.05, 4.69) is 65.1 Å². The Labute approximate surface area is 212 Å². The van der Waals surface area contributed by atoms with Gasteiger partial charge in [-0.15, -0.1) is 0 Å². The summed E-state index contributed by atoms with van der Waals surface area (Å²) in [6.07, 6.45) is 1.66. The number of aliphatic imine (C=N–C) groups is 1. The number of hydrogen-bond donors (Lipinski definition) is 0. The fraction of sp³-hybridized carbons (Fsp3) is 0.423. The topological polar surface area (TPSA) is 49.3 Å². The standard InChI is InChI=1S/C26H38ClNO4Si2/c1-20(32-33(5,6)7)28-19-21-18-22(27)10-15-25(21)31-24-13-11-23(12-14-24)29-16-17-30-34(8,9)26(2,3)4/h10-15,18-19H,1,16-17H2,2-9H3. The maximum atomic E-state index is 6.19. The molecule has 0 fully saturated rings. The zero-order valence-corrected chi connectivity index (χ0v) is 24.5. The Morgan fingerprint density at radius 1 is 0.971 bits per heavy atom. The third-order valence-corrected chi connectivity index (χ3v) is 11.0. The third kappa shape index (κ3) is 9.29. The molecule has 2 aromatic rings. The molecule has 0 heterocycles. The summed E-state index contributed by atoms with van der Waals surface area (Å²) in [6, 6.07) is 12.9. The molecule has 5 nitrogen and oxygen atoms in total. The van der Waals surface area contributed by atoms with Gasteiger partial charge >= 0.3 is 0 Å². The van der Waals surface area contributed by atoms with Gasteiger partial charge in [-0.05, 0) is 86.8 Å². The smallest absolute Gasteiger partial charge is 0.244 e. The predicted octanol–water partition coefficient (Wildman–Crippen LogP) is 8.27. The summed E-state index contributed by atoms with van der Waals surface area (Å²) >= 11 is 6.19. The molecular formula is C26H38ClNO4Si2. The SMILES string of the molecule is C=C(N=Cc1cc(Cl)ccc1Oc1ccc(OCCO[Si](C)(C)C(C)(C)C)cc1)O[Si](C)(C)C. The summed E-state index contributed by atoms with van der Waals surface area (Å²) in [5.74, 6) is 2.46. The molecule has 0 saturated heterocycles. The molecule has 186 valence electrons. The largest absolute Gasteiger partial charge is 0.532 e. The van der Waals surface area contributed by atoms with Crippen LogP contribution in [0.5, 0.6) is 17.2 Å². The highest BCUT2D eigenvalue weighted by Gasteiger charge is 2.36. The first-order valence-electron chi connectivity index (χ1n) is 11.4. The molecule has 0 bridgehead atoms. The van der Waals surface area contributed by atoms with Gasteiger partial charge in [0.2, 0.25) is 8.32 Å². The van der Waals surface area contributed by atoms with Crippen LogP contribution in [0.25, 0.3) is 0 Å². The Hall–Kier alpha value is -2.07. The Kier molecular flexibility index (Phi) is 9.59. The molecule has 0 spiro atoms. The van der Waals surface area contributed by atoms with Crippen LogP contribution in [0.1, 0.15) is 26.3 Å². The number of ether oxygens (including phenoxy) is 2. The van der Waals surface area contributed by atoms with Gasteiger partial charge in [0.25, 0.3) is 0 Å². The lowest BCUT2D eigenvalue weighted by atomic mass is 10.2. The van der Waals surface area contributed by atoms with Crippen molar-refractivity contribution in [1.29, 1.82) is 0 Å². The highest BCUT2D eigenvalue weighted by molar-refractivity contribution is 6.74. The normalized spacial score (nSPS) is 12.6. The summed E-state index contributed by atoms with van der Waals surface area (Å²) in [4.78, 5) is 4.34. The van der Waals surface area contributed by atoms with Crippen molar-refractivity contribution in [2.45, 2.75) is 58.5 Å². The van der Waals surface area contributed by atoms with E-state index in [1.54, 1.807) is 18.3 Å². The monoisotopic (exact) mass is 519 g/mol. The second kappa shape index (κ2) is 11.6. The highest BCUT2D eigenvalue weighted by Crippen LogP contribution is 2.36. The molecule has 34 heavy (non-hydrogen) atoms. The van der Waals surface area contributed by atoms with E-state index in [9.17, 15) is 0 Å². The molecule has 0 amide bonds. The van der Waals surface area contributed by atoms with E-state index < -0.39 is 16.6 Å². The molecule has 0 aliphatic carbocycles. The maximum Gasteiger partial charge on any atom is 0.244 e. The van der Waals surface area contributed by atoms with E-state index in [0.29, 0.717) is 35.6 Å². The van der Waals surface area contributed by atoms with Gasteiger partial charge in [0.05, 0.1) is 6.61 Å². The van der Waals surface area contributed by atoms with Crippen LogP contribution in [-0.4, -0.2) is 36.1 Å². The third-order valence-electron chi connectivity index (χ3n) is 5.42. The molecule has 0 aliphatic rings. The summed E-state index contributed by atoms with van der Waals surface area (Å²) in [5.41, 5.74) is 0.732. The zero-order chi connectivity index (χ0) is 25.6. The number of halogens is 1. The van der Waals surface area contributed by atoms with Crippen LogP contribution < -0.4 is 9.47 Å². The first-order chi connectivity index (χ1) is 15.7. The summed E-state index contributed by atoms with van der Waals surface area (Å²) in [6.45, 7) is 22.4. The number of benzene rings is 2. The van der Waals surface area contributed by atoms with Crippen LogP contribution in [0.4, 0.5) is 0 Å². The van der Waals surface area contributed by atoms with Gasteiger partial charge in [0, 0.05) is 16.8 Å². The Bertz CT molecular complexity index is 993. The van der Waals surface area contributed by atoms with Crippen LogP contribution >= 0.6 is 11.6 Å². The molecule has 0 aromatic heterocycles. The lowest BCUT2D eigenvalue weighted by molar-refractivity contribution is 0.203. The van der Waals surface area contributed by atoms with Crippen molar-refractivity contribution in [3.8, 4) is 17.2 Å². The molecule has 0 radical (unpaired) electrons. The molecule has 0 aliphatic heterocycles. The van der Waals surface area contributed by atoms with Gasteiger partial charge in [-0.3, -0.25) is 0 Å². The van der Waals surface area contributed by atoms with E-state index in [0.717, 1.165) is 11.3 Å². The lowest BCUT2D eigenvalue weighted by Gasteiger charge is -2.36. The molecule has 0 atom stereocenters. The van der Waals surface area contributed by atoms with Crippen molar-refractivity contribution in [2.24, 2.45) is 4.99 Å². The molecule has 0 unspecified atom stereocenters. The zero-order valence-electron chi connectivity index (χ0n) is 21.7. The fourth-order valence-corrected chi connectivity index (χ4v) is 4.60. The minimum Gasteiger partial charge on any atom is -0.532 e. The second-order valence-corrected chi connectivity index (χ2v) is 20.3. The van der Waals surface area contributed by atoms with Crippen molar-refractivity contribution in [3.63, 3.8) is 0 Å². The Morgan fingerprint density at radius 3 is 2.18 bits per heavy atom. The lowest BCUT2D eigenvalue weighted by Crippen LogP contribution is -2.41. The number of nitrogens with zero attached hydrogens (tertiary/aromatic N) is 1. The number of hydrogen-bond acceptors (Lipinski definition) is 5. The molecule has 2 rings (SSSR count). The van der Waals surface area contributed by atoms with Crippen LogP contribution in [0.2, 0.25) is 42.8 Å². The van der Waals surface area contributed by atoms with Gasteiger partial charge < -0.3 is 18.3 Å². The van der Waals surface area contributed by atoms with E-state index in [4.69, 9.17) is 29.9 Å². The van der Waals surface area contributed by atoms with Gasteiger partial charge in [-0.2, -0.15) is 0 Å². The van der Waals surface area contributed by atoms with Crippen molar-refractivity contribution in [2.75, 3.05) is 13.2 Å². The van der Waals surface area contributed by atoms with E-state index >= 15 is 0 Å². The van der Waals surface area contributed by atoms with Crippen molar-refractivity contribution >= 4 is 34.5 Å². The summed E-state index contributed by atoms with van der Waals surface area (Å²) < 4.78 is 23.9. The van der Waals surface area contributed by atoms with Crippen molar-refractivity contribution < 1.29 is 18.3 Å². The minimum atomic E-state index is -1.77. The first-order valence-corrected chi connectivity index (χ1v) is 18.1. The number of rotatable bonds is 11. The van der Waals surface area contributed by atoms with Crippen LogP contribution in [-0.2, 0) is 8.85 Å².